The fraction of sp³-hybridized carbons (Fsp3) is 0.273. The molecule has 4 heteroatoms. The molecule has 0 aliphatic carbocycles. The summed E-state index contributed by atoms with van der Waals surface area (Å²) in [5.74, 6) is 0.644. The minimum absolute atomic E-state index is 0.644. The lowest BCUT2D eigenvalue weighted by atomic mass is 10.2. The first-order valence-electron chi connectivity index (χ1n) is 4.85. The van der Waals surface area contributed by atoms with E-state index in [4.69, 9.17) is 4.74 Å². The Bertz CT molecular complexity index is 445. The molecule has 1 heterocycles. The maximum absolute atomic E-state index is 4.93. The molecule has 1 N–H and O–H groups in total. The summed E-state index contributed by atoms with van der Waals surface area (Å²) in [6, 6.07) is 7.91. The van der Waals surface area contributed by atoms with Gasteiger partial charge in [-0.15, -0.1) is 0 Å². The normalized spacial score (nSPS) is 10.5. The maximum atomic E-state index is 4.93. The Morgan fingerprint density at radius 3 is 3.07 bits per heavy atom. The zero-order valence-corrected chi connectivity index (χ0v) is 8.60. The SMILES string of the molecule is COCCNc1ncc2ccccc2n1. The summed E-state index contributed by atoms with van der Waals surface area (Å²) in [4.78, 5) is 8.57. The van der Waals surface area contributed by atoms with Gasteiger partial charge in [0.2, 0.25) is 5.95 Å². The summed E-state index contributed by atoms with van der Waals surface area (Å²) in [6.07, 6.45) is 1.82. The molecule has 4 nitrogen and oxygen atoms in total. The third-order valence-electron chi connectivity index (χ3n) is 2.08. The number of hydrogen-bond donors (Lipinski definition) is 1. The van der Waals surface area contributed by atoms with Crippen molar-refractivity contribution < 1.29 is 4.74 Å². The van der Waals surface area contributed by atoms with E-state index in [-0.39, 0.29) is 0 Å². The number of hydrogen-bond acceptors (Lipinski definition) is 4. The third kappa shape index (κ3) is 2.41. The van der Waals surface area contributed by atoms with Crippen molar-refractivity contribution in [1.29, 1.82) is 0 Å². The Labute approximate surface area is 88.3 Å². The lowest BCUT2D eigenvalue weighted by Crippen LogP contribution is -2.09. The number of aromatic nitrogens is 2. The first kappa shape index (κ1) is 9.86. The molecule has 0 spiro atoms. The van der Waals surface area contributed by atoms with Crippen LogP contribution in [0.15, 0.2) is 30.5 Å². The summed E-state index contributed by atoms with van der Waals surface area (Å²) in [6.45, 7) is 1.37. The van der Waals surface area contributed by atoms with Crippen molar-refractivity contribution in [2.24, 2.45) is 0 Å². The van der Waals surface area contributed by atoms with E-state index >= 15 is 0 Å². The van der Waals surface area contributed by atoms with Crippen LogP contribution in [0.1, 0.15) is 0 Å². The summed E-state index contributed by atoms with van der Waals surface area (Å²) in [5.41, 5.74) is 0.951. The minimum Gasteiger partial charge on any atom is -0.383 e. The monoisotopic (exact) mass is 203 g/mol. The molecule has 0 bridgehead atoms. The lowest BCUT2D eigenvalue weighted by molar-refractivity contribution is 0.210. The highest BCUT2D eigenvalue weighted by Gasteiger charge is 1.97. The zero-order chi connectivity index (χ0) is 10.5. The molecule has 0 fully saturated rings. The van der Waals surface area contributed by atoms with Crippen LogP contribution >= 0.6 is 0 Å². The van der Waals surface area contributed by atoms with Crippen molar-refractivity contribution >= 4 is 16.9 Å². The van der Waals surface area contributed by atoms with E-state index < -0.39 is 0 Å². The van der Waals surface area contributed by atoms with E-state index in [1.165, 1.54) is 0 Å². The molecule has 15 heavy (non-hydrogen) atoms. The zero-order valence-electron chi connectivity index (χ0n) is 8.60. The van der Waals surface area contributed by atoms with Gasteiger partial charge in [-0.3, -0.25) is 0 Å². The predicted octanol–water partition coefficient (Wildman–Crippen LogP) is 1.69. The number of benzene rings is 1. The quantitative estimate of drug-likeness (QED) is 0.768. The molecule has 0 unspecified atom stereocenters. The Balaban J connectivity index is 2.16. The lowest BCUT2D eigenvalue weighted by Gasteiger charge is -2.04. The van der Waals surface area contributed by atoms with E-state index in [0.29, 0.717) is 12.6 Å². The fourth-order valence-corrected chi connectivity index (χ4v) is 1.32. The predicted molar refractivity (Wildman–Crippen MR) is 59.9 cm³/mol. The number of anilines is 1. The molecule has 0 saturated carbocycles. The van der Waals surface area contributed by atoms with Gasteiger partial charge >= 0.3 is 0 Å². The van der Waals surface area contributed by atoms with Gasteiger partial charge < -0.3 is 10.1 Å². The number of nitrogens with zero attached hydrogens (tertiary/aromatic N) is 2. The number of fused-ring (bicyclic) bond motifs is 1. The maximum Gasteiger partial charge on any atom is 0.223 e. The number of nitrogens with one attached hydrogen (secondary N) is 1. The van der Waals surface area contributed by atoms with Crippen LogP contribution < -0.4 is 5.32 Å². The van der Waals surface area contributed by atoms with Gasteiger partial charge in [0.15, 0.2) is 0 Å². The van der Waals surface area contributed by atoms with Gasteiger partial charge in [-0.2, -0.15) is 0 Å². The van der Waals surface area contributed by atoms with Crippen LogP contribution in [0.5, 0.6) is 0 Å². The van der Waals surface area contributed by atoms with Gasteiger partial charge in [0.05, 0.1) is 12.1 Å². The molecular formula is C11H13N3O. The van der Waals surface area contributed by atoms with Gasteiger partial charge in [-0.05, 0) is 6.07 Å². The molecule has 1 aromatic carbocycles. The van der Waals surface area contributed by atoms with Crippen molar-refractivity contribution in [2.45, 2.75) is 0 Å². The largest absolute Gasteiger partial charge is 0.383 e. The Hall–Kier alpha value is -1.68. The van der Waals surface area contributed by atoms with E-state index in [2.05, 4.69) is 15.3 Å². The second kappa shape index (κ2) is 4.70. The van der Waals surface area contributed by atoms with Crippen molar-refractivity contribution in [3.63, 3.8) is 0 Å². The van der Waals surface area contributed by atoms with Crippen LogP contribution in [0.3, 0.4) is 0 Å². The Kier molecular flexibility index (Phi) is 3.09. The van der Waals surface area contributed by atoms with Gasteiger partial charge in [0.25, 0.3) is 0 Å². The molecular weight excluding hydrogens is 190 g/mol. The van der Waals surface area contributed by atoms with E-state index in [1.807, 2.05) is 30.5 Å². The van der Waals surface area contributed by atoms with Crippen molar-refractivity contribution in [1.82, 2.24) is 9.97 Å². The molecule has 0 aliphatic heterocycles. The van der Waals surface area contributed by atoms with Crippen LogP contribution in [-0.4, -0.2) is 30.2 Å². The summed E-state index contributed by atoms with van der Waals surface area (Å²) in [7, 11) is 1.67. The molecule has 2 rings (SSSR count). The summed E-state index contributed by atoms with van der Waals surface area (Å²) < 4.78 is 4.93. The van der Waals surface area contributed by atoms with Crippen molar-refractivity contribution in [3.05, 3.63) is 30.5 Å². The second-order valence-corrected chi connectivity index (χ2v) is 3.17. The van der Waals surface area contributed by atoms with Crippen molar-refractivity contribution in [3.8, 4) is 0 Å². The van der Waals surface area contributed by atoms with Crippen molar-refractivity contribution in [2.75, 3.05) is 25.6 Å². The average Bonchev–Trinajstić information content (AvgIpc) is 2.29. The minimum atomic E-state index is 0.644. The van der Waals surface area contributed by atoms with Gasteiger partial charge in [0.1, 0.15) is 0 Å². The van der Waals surface area contributed by atoms with Crippen LogP contribution in [0.4, 0.5) is 5.95 Å². The Morgan fingerprint density at radius 1 is 1.33 bits per heavy atom. The molecule has 0 aliphatic rings. The highest BCUT2D eigenvalue weighted by Crippen LogP contribution is 2.11. The standard InChI is InChI=1S/C11H13N3O/c1-15-7-6-12-11-13-8-9-4-2-3-5-10(9)14-11/h2-5,8H,6-7H2,1H3,(H,12,13,14). The molecule has 0 amide bonds. The average molecular weight is 203 g/mol. The highest BCUT2D eigenvalue weighted by atomic mass is 16.5. The topological polar surface area (TPSA) is 47.0 Å². The van der Waals surface area contributed by atoms with E-state index in [9.17, 15) is 0 Å². The number of methoxy groups -OCH3 is 1. The number of rotatable bonds is 4. The van der Waals surface area contributed by atoms with Gasteiger partial charge in [0, 0.05) is 25.2 Å². The Morgan fingerprint density at radius 2 is 2.20 bits per heavy atom. The van der Waals surface area contributed by atoms with Gasteiger partial charge in [-0.1, -0.05) is 18.2 Å². The van der Waals surface area contributed by atoms with Crippen LogP contribution in [-0.2, 0) is 4.74 Å². The summed E-state index contributed by atoms with van der Waals surface area (Å²) >= 11 is 0. The summed E-state index contributed by atoms with van der Waals surface area (Å²) in [5, 5.41) is 4.14. The molecule has 2 aromatic rings. The smallest absolute Gasteiger partial charge is 0.223 e. The van der Waals surface area contributed by atoms with Crippen LogP contribution in [0, 0.1) is 0 Å². The third-order valence-corrected chi connectivity index (χ3v) is 2.08. The fourth-order valence-electron chi connectivity index (χ4n) is 1.32. The molecule has 0 saturated heterocycles. The molecule has 1 aromatic heterocycles. The second-order valence-electron chi connectivity index (χ2n) is 3.17. The van der Waals surface area contributed by atoms with E-state index in [0.717, 1.165) is 17.4 Å². The number of para-hydroxylation sites is 1. The molecule has 0 radical (unpaired) electrons. The molecule has 0 atom stereocenters. The molecule has 78 valence electrons. The van der Waals surface area contributed by atoms with Crippen LogP contribution in [0.2, 0.25) is 0 Å². The number of ether oxygens (including phenoxy) is 1. The van der Waals surface area contributed by atoms with Crippen LogP contribution in [0.25, 0.3) is 10.9 Å². The first-order chi connectivity index (χ1) is 7.40. The van der Waals surface area contributed by atoms with E-state index in [1.54, 1.807) is 7.11 Å². The highest BCUT2D eigenvalue weighted by molar-refractivity contribution is 5.78. The van der Waals surface area contributed by atoms with Gasteiger partial charge in [-0.25, -0.2) is 9.97 Å². The first-order valence-corrected chi connectivity index (χ1v) is 4.85.